The van der Waals surface area contributed by atoms with Crippen LogP contribution in [0.4, 0.5) is 0 Å². The van der Waals surface area contributed by atoms with Crippen LogP contribution >= 0.6 is 0 Å². The molecule has 12 amide bonds. The number of amides is 12. The number of carbonyl (C=O) groups excluding carboxylic acids is 12. The Balaban J connectivity index is 3.83. The molecule has 1 aliphatic heterocycles. The van der Waals surface area contributed by atoms with E-state index in [4.69, 9.17) is 86.0 Å². The quantitative estimate of drug-likeness (QED) is 0.0153. The van der Waals surface area contributed by atoms with Gasteiger partial charge in [0.1, 0.15) is 66.5 Å². The van der Waals surface area contributed by atoms with Crippen LogP contribution in [0.1, 0.15) is 142 Å². The summed E-state index contributed by atoms with van der Waals surface area (Å²) >= 11 is 0. The van der Waals surface area contributed by atoms with Gasteiger partial charge in [0, 0.05) is 45.7 Å². The lowest BCUT2D eigenvalue weighted by atomic mass is 10.0. The van der Waals surface area contributed by atoms with E-state index in [0.29, 0.717) is 19.3 Å². The van der Waals surface area contributed by atoms with Gasteiger partial charge in [-0.05, 0) is 149 Å². The minimum absolute atomic E-state index is 0.0125. The molecule has 40 N–H and O–H groups in total. The van der Waals surface area contributed by atoms with Crippen LogP contribution in [-0.2, 0) is 57.5 Å². The monoisotopic (exact) mass is 1450 g/mol. The predicted octanol–water partition coefficient (Wildman–Crippen LogP) is -11.7. The second kappa shape index (κ2) is 49.4. The molecular formula is C59H114N30O13. The zero-order valence-electron chi connectivity index (χ0n) is 58.4. The Hall–Kier alpha value is -10.2. The average Bonchev–Trinajstić information content (AvgIpc) is 1.62. The van der Waals surface area contributed by atoms with Gasteiger partial charge in [0.05, 0.1) is 6.10 Å². The summed E-state index contributed by atoms with van der Waals surface area (Å²) in [5.41, 5.74) is 83.9. The van der Waals surface area contributed by atoms with Crippen molar-refractivity contribution in [2.45, 2.75) is 215 Å². The molecule has 0 bridgehead atoms. The average molecular weight is 1450 g/mol. The summed E-state index contributed by atoms with van der Waals surface area (Å²) in [7, 11) is 0. The number of likely N-dealkylation sites (tertiary alicyclic amines) is 1. The summed E-state index contributed by atoms with van der Waals surface area (Å²) in [6.45, 7) is 3.04. The molecule has 0 spiro atoms. The van der Waals surface area contributed by atoms with Crippen molar-refractivity contribution in [1.82, 2.24) is 52.8 Å². The summed E-state index contributed by atoms with van der Waals surface area (Å²) in [5.74, 6) is -11.8. The number of hydrogen-bond donors (Lipinski definition) is 25. The van der Waals surface area contributed by atoms with E-state index in [9.17, 15) is 62.6 Å². The van der Waals surface area contributed by atoms with Crippen LogP contribution in [0.5, 0.6) is 0 Å². The van der Waals surface area contributed by atoms with E-state index in [2.05, 4.69) is 72.8 Å². The third kappa shape index (κ3) is 37.3. The second-order valence-electron chi connectivity index (χ2n) is 24.4. The summed E-state index contributed by atoms with van der Waals surface area (Å²) in [6, 6.07) is -15.3. The molecule has 1 saturated heterocycles. The van der Waals surface area contributed by atoms with Crippen molar-refractivity contribution >= 4 is 101 Å². The molecule has 102 heavy (non-hydrogen) atoms. The van der Waals surface area contributed by atoms with Gasteiger partial charge in [0.25, 0.3) is 0 Å². The Bertz CT molecular complexity index is 2880. The van der Waals surface area contributed by atoms with Gasteiger partial charge < -0.3 is 144 Å². The lowest BCUT2D eigenvalue weighted by Gasteiger charge is -2.29. The molecule has 0 aromatic carbocycles. The lowest BCUT2D eigenvalue weighted by Crippen LogP contribution is -2.60. The van der Waals surface area contributed by atoms with Gasteiger partial charge in [0.15, 0.2) is 29.8 Å². The highest BCUT2D eigenvalue weighted by molar-refractivity contribution is 5.99. The van der Waals surface area contributed by atoms with Crippen molar-refractivity contribution in [3.8, 4) is 0 Å². The van der Waals surface area contributed by atoms with Crippen LogP contribution in [0, 0.1) is 0 Å². The Morgan fingerprint density at radius 3 is 0.961 bits per heavy atom. The van der Waals surface area contributed by atoms with Crippen LogP contribution in [0.3, 0.4) is 0 Å². The molecule has 12 atom stereocenters. The minimum atomic E-state index is -1.53. The van der Waals surface area contributed by atoms with E-state index < -0.39 is 143 Å². The number of rotatable bonds is 52. The van der Waals surface area contributed by atoms with E-state index in [1.807, 2.05) is 0 Å². The number of aliphatic hydroxyl groups is 1. The summed E-state index contributed by atoms with van der Waals surface area (Å²) in [4.78, 5) is 187. The number of aliphatic hydroxyl groups excluding tert-OH is 1. The largest absolute Gasteiger partial charge is 0.391 e. The van der Waals surface area contributed by atoms with Gasteiger partial charge in [0.2, 0.25) is 70.9 Å². The molecule has 43 heteroatoms. The van der Waals surface area contributed by atoms with Crippen LogP contribution in [0.2, 0.25) is 0 Å². The highest BCUT2D eigenvalue weighted by atomic mass is 16.3. The molecule has 1 heterocycles. The number of primary amides is 2. The van der Waals surface area contributed by atoms with E-state index in [0.717, 1.165) is 0 Å². The van der Waals surface area contributed by atoms with Crippen molar-refractivity contribution in [2.75, 3.05) is 52.4 Å². The number of nitrogens with two attached hydrogens (primary N) is 15. The van der Waals surface area contributed by atoms with Gasteiger partial charge in [-0.1, -0.05) is 0 Å². The SMILES string of the molecule is C[C@H](NC(=O)[C@H](CCCN=C(N)N)NC(=O)[C@@H]1CCCN1C(=O)[C@@H](N)[C@@H](C)O)C(=O)N[C@@H](CCCN=C(N)N)C(=O)N[C@@H](CCCN=C(N)N)C(=O)N[C@@H](CCCN=C(N)N)C(=O)N[C@@H](CCCCN)C(=O)N[C@@H](CCCCN)C(=O)N[C@@H](CCCN=C(N)N)C(=O)N[C@@H](CCC(N)=O)C(N)=O. The zero-order valence-corrected chi connectivity index (χ0v) is 58.4. The summed E-state index contributed by atoms with van der Waals surface area (Å²) in [6.07, 6.45) is -0.369. The maximum absolute atomic E-state index is 14.8. The zero-order chi connectivity index (χ0) is 77.0. The van der Waals surface area contributed by atoms with Crippen LogP contribution in [0.25, 0.3) is 0 Å². The van der Waals surface area contributed by atoms with Crippen molar-refractivity contribution in [3.63, 3.8) is 0 Å². The Labute approximate surface area is 592 Å². The molecule has 1 aliphatic rings. The van der Waals surface area contributed by atoms with Crippen molar-refractivity contribution < 1.29 is 62.6 Å². The fourth-order valence-electron chi connectivity index (χ4n) is 10.2. The smallest absolute Gasteiger partial charge is 0.243 e. The van der Waals surface area contributed by atoms with Gasteiger partial charge >= 0.3 is 0 Å². The number of unbranched alkanes of at least 4 members (excludes halogenated alkanes) is 2. The molecule has 0 aliphatic carbocycles. The molecule has 0 aromatic heterocycles. The highest BCUT2D eigenvalue weighted by Gasteiger charge is 2.40. The number of hydrogen-bond acceptors (Lipinski definition) is 21. The van der Waals surface area contributed by atoms with Crippen molar-refractivity contribution in [1.29, 1.82) is 0 Å². The minimum Gasteiger partial charge on any atom is -0.391 e. The highest BCUT2D eigenvalue weighted by Crippen LogP contribution is 2.20. The predicted molar refractivity (Wildman–Crippen MR) is 380 cm³/mol. The molecule has 0 radical (unpaired) electrons. The first-order chi connectivity index (χ1) is 48.1. The number of nitrogens with zero attached hydrogens (tertiary/aromatic N) is 6. The fourth-order valence-corrected chi connectivity index (χ4v) is 10.2. The number of aliphatic imine (C=N–C) groups is 5. The lowest BCUT2D eigenvalue weighted by molar-refractivity contribution is -0.142. The molecule has 1 rings (SSSR count). The fraction of sp³-hybridized carbons (Fsp3) is 0.712. The molecule has 578 valence electrons. The molecule has 43 nitrogen and oxygen atoms in total. The standard InChI is InChI=1S/C59H114N30O13/c1-31(80-46(94)36(15-7-25-75-55(65)66)88-53(101)41-20-12-30-89(41)54(102)43(63)32(2)90)45(93)82-37(16-8-26-76-56(67)68)50(98)86-40(19-11-29-79-59(73)74)52(100)87-39(18-10-28-78-58(71)72)51(99)84-34(13-3-5-23-60)48(96)83-35(14-4-6-24-61)49(97)85-38(17-9-27-77-57(69)70)47(95)81-33(44(64)92)21-22-42(62)91/h31-41,43,90H,3-30,60-61,63H2,1-2H3,(H2,62,91)(H2,64,92)(H,80,94)(H,81,95)(H,82,93)(H,83,96)(H,84,99)(H,85,97)(H,86,98)(H,87,100)(H,88,101)(H4,65,66,75)(H4,67,68,76)(H4,69,70,77)(H4,71,72,78)(H4,73,74,79)/t31-,32+,33-,34-,35-,36-,37-,38-,39-,40-,41-,43-/m0/s1. The van der Waals surface area contributed by atoms with E-state index in [1.165, 1.54) is 18.7 Å². The van der Waals surface area contributed by atoms with Crippen LogP contribution in [0.15, 0.2) is 25.0 Å². The van der Waals surface area contributed by atoms with E-state index in [-0.39, 0.29) is 191 Å². The first-order valence-electron chi connectivity index (χ1n) is 33.9. The Morgan fingerprint density at radius 2 is 0.676 bits per heavy atom. The molecule has 1 fully saturated rings. The van der Waals surface area contributed by atoms with E-state index >= 15 is 0 Å². The van der Waals surface area contributed by atoms with Crippen molar-refractivity contribution in [3.05, 3.63) is 0 Å². The molecule has 0 saturated carbocycles. The number of carbonyl (C=O) groups is 12. The molecule has 0 aromatic rings. The second-order valence-corrected chi connectivity index (χ2v) is 24.4. The first kappa shape index (κ1) is 89.8. The third-order valence-corrected chi connectivity index (χ3v) is 15.8. The summed E-state index contributed by atoms with van der Waals surface area (Å²) < 4.78 is 0. The van der Waals surface area contributed by atoms with E-state index in [1.54, 1.807) is 0 Å². The normalized spacial score (nSPS) is 15.6. The van der Waals surface area contributed by atoms with Gasteiger partial charge in [-0.25, -0.2) is 0 Å². The Morgan fingerprint density at radius 1 is 0.392 bits per heavy atom. The van der Waals surface area contributed by atoms with Gasteiger partial charge in [-0.2, -0.15) is 0 Å². The number of nitrogens with one attached hydrogen (secondary N) is 9. The maximum Gasteiger partial charge on any atom is 0.243 e. The van der Waals surface area contributed by atoms with Gasteiger partial charge in [-0.3, -0.25) is 82.5 Å². The topological polar surface area (TPSA) is 789 Å². The number of guanidine groups is 5. The third-order valence-electron chi connectivity index (χ3n) is 15.8. The van der Waals surface area contributed by atoms with Crippen LogP contribution in [-0.4, -0.2) is 236 Å². The molecule has 0 unspecified atom stereocenters. The maximum atomic E-state index is 14.8. The Kier molecular flexibility index (Phi) is 43.5. The first-order valence-corrected chi connectivity index (χ1v) is 33.9. The van der Waals surface area contributed by atoms with Gasteiger partial charge in [-0.15, -0.1) is 0 Å². The van der Waals surface area contributed by atoms with Crippen molar-refractivity contribution in [2.24, 2.45) is 111 Å². The van der Waals surface area contributed by atoms with Crippen LogP contribution < -0.4 is 134 Å². The molecular weight excluding hydrogens is 1340 g/mol. The summed E-state index contributed by atoms with van der Waals surface area (Å²) in [5, 5.41) is 33.5.